The standard InChI is InChI=1S/C22H28N4O2S/c1-28-15-14-26-17-5-9-22(26,10-6-17)19(16-7-12-23-13-8-16)25-20(27)18-4-3-11-24-21(18)29-2/h3-4,7-8,11-13,17,19H,5-6,9-10,14-15H2,1-2H3,(H,25,27). The minimum atomic E-state index is -0.0998. The van der Waals surface area contributed by atoms with Crippen LogP contribution in [0.5, 0.6) is 0 Å². The first-order valence-corrected chi connectivity index (χ1v) is 11.4. The molecule has 1 atom stereocenters. The highest BCUT2D eigenvalue weighted by molar-refractivity contribution is 7.98. The Morgan fingerprint density at radius 2 is 2.07 bits per heavy atom. The molecule has 7 heteroatoms. The molecule has 0 aliphatic carbocycles. The Morgan fingerprint density at radius 3 is 2.76 bits per heavy atom. The first-order valence-electron chi connectivity index (χ1n) is 10.1. The fourth-order valence-corrected chi connectivity index (χ4v) is 5.68. The number of carbonyl (C=O) groups is 1. The molecule has 1 unspecified atom stereocenters. The lowest BCUT2D eigenvalue weighted by atomic mass is 9.78. The number of nitrogens with zero attached hydrogens (tertiary/aromatic N) is 3. The van der Waals surface area contributed by atoms with Gasteiger partial charge < -0.3 is 10.1 Å². The summed E-state index contributed by atoms with van der Waals surface area (Å²) < 4.78 is 5.39. The predicted molar refractivity (Wildman–Crippen MR) is 114 cm³/mol. The fourth-order valence-electron chi connectivity index (χ4n) is 5.13. The van der Waals surface area contributed by atoms with Gasteiger partial charge in [-0.1, -0.05) is 0 Å². The van der Waals surface area contributed by atoms with E-state index in [0.29, 0.717) is 18.2 Å². The van der Waals surface area contributed by atoms with E-state index >= 15 is 0 Å². The highest BCUT2D eigenvalue weighted by Gasteiger charge is 2.56. The van der Waals surface area contributed by atoms with E-state index in [4.69, 9.17) is 4.74 Å². The van der Waals surface area contributed by atoms with Crippen LogP contribution in [0.3, 0.4) is 0 Å². The van der Waals surface area contributed by atoms with Crippen molar-refractivity contribution in [3.05, 3.63) is 54.0 Å². The van der Waals surface area contributed by atoms with Crippen molar-refractivity contribution in [1.29, 1.82) is 0 Å². The van der Waals surface area contributed by atoms with Crippen molar-refractivity contribution in [2.45, 2.75) is 48.3 Å². The molecule has 1 N–H and O–H groups in total. The molecule has 0 radical (unpaired) electrons. The van der Waals surface area contributed by atoms with Crippen LogP contribution in [0.25, 0.3) is 0 Å². The molecular formula is C22H28N4O2S. The highest BCUT2D eigenvalue weighted by atomic mass is 32.2. The topological polar surface area (TPSA) is 67.3 Å². The SMILES string of the molecule is COCCN1C2CCC1(C(NC(=O)c1cccnc1SC)c1ccncc1)CC2. The zero-order chi connectivity index (χ0) is 20.3. The number of amides is 1. The summed E-state index contributed by atoms with van der Waals surface area (Å²) in [5, 5.41) is 4.14. The number of fused-ring (bicyclic) bond motifs is 2. The summed E-state index contributed by atoms with van der Waals surface area (Å²) in [6.45, 7) is 1.59. The molecule has 29 heavy (non-hydrogen) atoms. The van der Waals surface area contributed by atoms with Gasteiger partial charge in [-0.25, -0.2) is 4.98 Å². The molecule has 2 aliphatic heterocycles. The minimum Gasteiger partial charge on any atom is -0.383 e. The molecule has 0 aromatic carbocycles. The second-order valence-corrected chi connectivity index (χ2v) is 8.56. The number of nitrogens with one attached hydrogen (secondary N) is 1. The lowest BCUT2D eigenvalue weighted by molar-refractivity contribution is 0.0636. The van der Waals surface area contributed by atoms with Gasteiger partial charge >= 0.3 is 0 Å². The second-order valence-electron chi connectivity index (χ2n) is 7.77. The van der Waals surface area contributed by atoms with E-state index in [-0.39, 0.29) is 17.5 Å². The van der Waals surface area contributed by atoms with E-state index in [1.54, 1.807) is 13.3 Å². The van der Waals surface area contributed by atoms with E-state index in [0.717, 1.165) is 30.0 Å². The summed E-state index contributed by atoms with van der Waals surface area (Å²) in [7, 11) is 1.75. The van der Waals surface area contributed by atoms with Gasteiger partial charge in [0.25, 0.3) is 5.91 Å². The Bertz CT molecular complexity index is 840. The maximum atomic E-state index is 13.3. The number of methoxy groups -OCH3 is 1. The van der Waals surface area contributed by atoms with Gasteiger partial charge in [-0.05, 0) is 61.8 Å². The molecular weight excluding hydrogens is 384 g/mol. The molecule has 2 bridgehead atoms. The van der Waals surface area contributed by atoms with Crippen LogP contribution in [0, 0.1) is 0 Å². The number of hydrogen-bond acceptors (Lipinski definition) is 6. The smallest absolute Gasteiger partial charge is 0.254 e. The molecule has 0 spiro atoms. The van der Waals surface area contributed by atoms with Crippen LogP contribution in [0.15, 0.2) is 47.9 Å². The van der Waals surface area contributed by atoms with Crippen LogP contribution < -0.4 is 5.32 Å². The van der Waals surface area contributed by atoms with Gasteiger partial charge in [-0.3, -0.25) is 14.7 Å². The number of ether oxygens (including phenoxy) is 1. The summed E-state index contributed by atoms with van der Waals surface area (Å²) >= 11 is 1.49. The Kier molecular flexibility index (Phi) is 6.18. The average Bonchev–Trinajstić information content (AvgIpc) is 3.31. The van der Waals surface area contributed by atoms with Gasteiger partial charge in [-0.15, -0.1) is 11.8 Å². The van der Waals surface area contributed by atoms with Crippen molar-refractivity contribution in [2.24, 2.45) is 0 Å². The molecule has 6 nitrogen and oxygen atoms in total. The Balaban J connectivity index is 1.69. The van der Waals surface area contributed by atoms with Crippen molar-refractivity contribution in [3.63, 3.8) is 0 Å². The third kappa shape index (κ3) is 3.79. The predicted octanol–water partition coefficient (Wildman–Crippen LogP) is 3.31. The summed E-state index contributed by atoms with van der Waals surface area (Å²) in [6.07, 6.45) is 11.8. The minimum absolute atomic E-state index is 0.0688. The molecule has 2 aromatic heterocycles. The monoisotopic (exact) mass is 412 g/mol. The third-order valence-corrected chi connectivity index (χ3v) is 7.14. The van der Waals surface area contributed by atoms with E-state index in [1.807, 2.05) is 42.9 Å². The molecule has 154 valence electrons. The number of rotatable bonds is 8. The zero-order valence-corrected chi connectivity index (χ0v) is 17.8. The van der Waals surface area contributed by atoms with Gasteiger partial charge in [0.05, 0.1) is 18.2 Å². The number of pyridine rings is 2. The molecule has 4 rings (SSSR count). The summed E-state index contributed by atoms with van der Waals surface area (Å²) in [5.74, 6) is -0.0688. The van der Waals surface area contributed by atoms with Crippen LogP contribution in [-0.4, -0.2) is 58.9 Å². The first kappa shape index (κ1) is 20.3. The molecule has 1 amide bonds. The number of aromatic nitrogens is 2. The quantitative estimate of drug-likeness (QED) is 0.671. The van der Waals surface area contributed by atoms with Crippen LogP contribution in [0.4, 0.5) is 0 Å². The van der Waals surface area contributed by atoms with Crippen molar-refractivity contribution in [3.8, 4) is 0 Å². The van der Waals surface area contributed by atoms with Crippen LogP contribution in [0.1, 0.15) is 47.6 Å². The lowest BCUT2D eigenvalue weighted by Crippen LogP contribution is -2.53. The zero-order valence-electron chi connectivity index (χ0n) is 17.0. The Morgan fingerprint density at radius 1 is 1.31 bits per heavy atom. The van der Waals surface area contributed by atoms with Gasteiger partial charge in [0.15, 0.2) is 0 Å². The maximum absolute atomic E-state index is 13.3. The first-order chi connectivity index (χ1) is 14.2. The third-order valence-electron chi connectivity index (χ3n) is 6.43. The van der Waals surface area contributed by atoms with Crippen LogP contribution in [0.2, 0.25) is 0 Å². The molecule has 0 saturated carbocycles. The van der Waals surface area contributed by atoms with Crippen LogP contribution in [-0.2, 0) is 4.74 Å². The summed E-state index contributed by atoms with van der Waals surface area (Å²) in [5.41, 5.74) is 1.65. The fraction of sp³-hybridized carbons (Fsp3) is 0.500. The highest BCUT2D eigenvalue weighted by Crippen LogP contribution is 2.52. The van der Waals surface area contributed by atoms with Crippen molar-refractivity contribution < 1.29 is 9.53 Å². The number of thioether (sulfide) groups is 1. The van der Waals surface area contributed by atoms with Gasteiger partial charge in [0.1, 0.15) is 5.03 Å². The lowest BCUT2D eigenvalue weighted by Gasteiger charge is -2.42. The summed E-state index contributed by atoms with van der Waals surface area (Å²) in [6, 6.07) is 8.20. The second kappa shape index (κ2) is 8.81. The van der Waals surface area contributed by atoms with Gasteiger partial charge in [-0.2, -0.15) is 0 Å². The normalized spacial score (nSPS) is 24.6. The number of carbonyl (C=O) groups excluding carboxylic acids is 1. The van der Waals surface area contributed by atoms with Gasteiger partial charge in [0, 0.05) is 43.8 Å². The van der Waals surface area contributed by atoms with Gasteiger partial charge in [0.2, 0.25) is 0 Å². The van der Waals surface area contributed by atoms with Crippen molar-refractivity contribution in [2.75, 3.05) is 26.5 Å². The van der Waals surface area contributed by atoms with Crippen molar-refractivity contribution >= 4 is 17.7 Å². The van der Waals surface area contributed by atoms with E-state index < -0.39 is 0 Å². The average molecular weight is 413 g/mol. The summed E-state index contributed by atoms with van der Waals surface area (Å²) in [4.78, 5) is 24.5. The Hall–Kier alpha value is -1.96. The largest absolute Gasteiger partial charge is 0.383 e. The van der Waals surface area contributed by atoms with Crippen molar-refractivity contribution in [1.82, 2.24) is 20.2 Å². The Labute approximate surface area is 176 Å². The molecule has 2 saturated heterocycles. The van der Waals surface area contributed by atoms with E-state index in [9.17, 15) is 4.79 Å². The number of hydrogen-bond donors (Lipinski definition) is 1. The van der Waals surface area contributed by atoms with Crippen LogP contribution >= 0.6 is 11.8 Å². The molecule has 2 aliphatic rings. The molecule has 2 aromatic rings. The maximum Gasteiger partial charge on any atom is 0.254 e. The van der Waals surface area contributed by atoms with E-state index in [1.165, 1.54) is 24.6 Å². The molecule has 4 heterocycles. The van der Waals surface area contributed by atoms with E-state index in [2.05, 4.69) is 20.2 Å². The molecule has 2 fully saturated rings.